The molecule has 0 amide bonds. The van der Waals surface area contributed by atoms with Crippen molar-refractivity contribution >= 4 is 11.6 Å². The first-order valence-corrected chi connectivity index (χ1v) is 7.71. The standard InChI is InChI=1S/C16H24ClNO/c1-3-18-15(16(19-4-2)13-7-8-13)11-12-5-9-14(17)10-6-12/h5-6,9-10,13,15-16,18H,3-4,7-8,11H2,1-2H3. The molecular weight excluding hydrogens is 258 g/mol. The van der Waals surface area contributed by atoms with Crippen LogP contribution in [-0.4, -0.2) is 25.3 Å². The lowest BCUT2D eigenvalue weighted by molar-refractivity contribution is 0.0196. The molecule has 1 saturated carbocycles. The zero-order chi connectivity index (χ0) is 13.7. The third-order valence-corrected chi connectivity index (χ3v) is 3.93. The van der Waals surface area contributed by atoms with Crippen molar-refractivity contribution in [1.29, 1.82) is 0 Å². The lowest BCUT2D eigenvalue weighted by Gasteiger charge is -2.28. The van der Waals surface area contributed by atoms with E-state index in [1.54, 1.807) is 0 Å². The van der Waals surface area contributed by atoms with Crippen LogP contribution in [0.5, 0.6) is 0 Å². The van der Waals surface area contributed by atoms with Crippen LogP contribution in [-0.2, 0) is 11.2 Å². The molecule has 0 aliphatic heterocycles. The number of rotatable bonds is 8. The predicted octanol–water partition coefficient (Wildman–Crippen LogP) is 3.68. The average Bonchev–Trinajstić information content (AvgIpc) is 3.22. The first-order valence-electron chi connectivity index (χ1n) is 7.34. The first kappa shape index (κ1) is 14.8. The van der Waals surface area contributed by atoms with Gasteiger partial charge in [-0.25, -0.2) is 0 Å². The van der Waals surface area contributed by atoms with Crippen LogP contribution in [0.3, 0.4) is 0 Å². The highest BCUT2D eigenvalue weighted by atomic mass is 35.5. The van der Waals surface area contributed by atoms with Crippen LogP contribution in [0.4, 0.5) is 0 Å². The van der Waals surface area contributed by atoms with Crippen LogP contribution < -0.4 is 5.32 Å². The summed E-state index contributed by atoms with van der Waals surface area (Å²) in [5.41, 5.74) is 1.32. The molecule has 106 valence electrons. The second-order valence-electron chi connectivity index (χ2n) is 5.25. The SMILES string of the molecule is CCNC(Cc1ccc(Cl)cc1)C(OCC)C1CC1. The van der Waals surface area contributed by atoms with Gasteiger partial charge in [-0.2, -0.15) is 0 Å². The van der Waals surface area contributed by atoms with E-state index in [4.69, 9.17) is 16.3 Å². The van der Waals surface area contributed by atoms with Gasteiger partial charge in [-0.3, -0.25) is 0 Å². The van der Waals surface area contributed by atoms with Gasteiger partial charge in [-0.1, -0.05) is 30.7 Å². The largest absolute Gasteiger partial charge is 0.377 e. The Morgan fingerprint density at radius 3 is 2.47 bits per heavy atom. The fraction of sp³-hybridized carbons (Fsp3) is 0.625. The molecule has 1 aromatic carbocycles. The Bertz CT molecular complexity index is 375. The topological polar surface area (TPSA) is 21.3 Å². The number of hydrogen-bond donors (Lipinski definition) is 1. The maximum Gasteiger partial charge on any atom is 0.0759 e. The quantitative estimate of drug-likeness (QED) is 0.785. The Hall–Kier alpha value is -0.570. The Morgan fingerprint density at radius 1 is 1.26 bits per heavy atom. The Kier molecular flexibility index (Phi) is 5.68. The molecule has 0 spiro atoms. The van der Waals surface area contributed by atoms with Crippen LogP contribution in [0.1, 0.15) is 32.3 Å². The molecule has 1 aliphatic carbocycles. The minimum absolute atomic E-state index is 0.348. The van der Waals surface area contributed by atoms with Gasteiger partial charge in [-0.15, -0.1) is 0 Å². The molecule has 2 atom stereocenters. The molecule has 1 aromatic rings. The van der Waals surface area contributed by atoms with Gasteiger partial charge in [0.25, 0.3) is 0 Å². The third-order valence-electron chi connectivity index (χ3n) is 3.68. The van der Waals surface area contributed by atoms with E-state index in [0.29, 0.717) is 12.1 Å². The van der Waals surface area contributed by atoms with E-state index < -0.39 is 0 Å². The molecule has 0 saturated heterocycles. The summed E-state index contributed by atoms with van der Waals surface area (Å²) in [6.45, 7) is 6.02. The molecule has 2 rings (SSSR count). The number of ether oxygens (including phenoxy) is 1. The zero-order valence-electron chi connectivity index (χ0n) is 11.9. The molecule has 0 radical (unpaired) electrons. The summed E-state index contributed by atoms with van der Waals surface area (Å²) in [4.78, 5) is 0. The third kappa shape index (κ3) is 4.48. The van der Waals surface area contributed by atoms with Gasteiger partial charge in [0.2, 0.25) is 0 Å². The molecule has 0 bridgehead atoms. The number of benzene rings is 1. The van der Waals surface area contributed by atoms with Gasteiger partial charge in [0.15, 0.2) is 0 Å². The molecule has 2 unspecified atom stereocenters. The molecule has 1 fully saturated rings. The second-order valence-corrected chi connectivity index (χ2v) is 5.69. The van der Waals surface area contributed by atoms with Crippen molar-refractivity contribution in [1.82, 2.24) is 5.32 Å². The van der Waals surface area contributed by atoms with Crippen LogP contribution in [0, 0.1) is 5.92 Å². The van der Waals surface area contributed by atoms with E-state index in [1.165, 1.54) is 18.4 Å². The van der Waals surface area contributed by atoms with E-state index in [1.807, 2.05) is 12.1 Å². The summed E-state index contributed by atoms with van der Waals surface area (Å²) in [5, 5.41) is 4.39. The van der Waals surface area contributed by atoms with Crippen molar-refractivity contribution in [2.24, 2.45) is 5.92 Å². The molecule has 3 heteroatoms. The second kappa shape index (κ2) is 7.28. The molecular formula is C16H24ClNO. The van der Waals surface area contributed by atoms with Crippen LogP contribution in [0.25, 0.3) is 0 Å². The van der Waals surface area contributed by atoms with Crippen LogP contribution in [0.15, 0.2) is 24.3 Å². The summed E-state index contributed by atoms with van der Waals surface area (Å²) >= 11 is 5.94. The lowest BCUT2D eigenvalue weighted by atomic mass is 9.98. The number of nitrogens with one attached hydrogen (secondary N) is 1. The van der Waals surface area contributed by atoms with Crippen LogP contribution >= 0.6 is 11.6 Å². The first-order chi connectivity index (χ1) is 9.24. The highest BCUT2D eigenvalue weighted by Gasteiger charge is 2.36. The summed E-state index contributed by atoms with van der Waals surface area (Å²) in [5.74, 6) is 0.747. The summed E-state index contributed by atoms with van der Waals surface area (Å²) in [7, 11) is 0. The molecule has 1 N–H and O–H groups in total. The van der Waals surface area contributed by atoms with Crippen molar-refractivity contribution in [3.63, 3.8) is 0 Å². The van der Waals surface area contributed by atoms with E-state index in [9.17, 15) is 0 Å². The van der Waals surface area contributed by atoms with Gasteiger partial charge in [0, 0.05) is 17.7 Å². The van der Waals surface area contributed by atoms with Crippen molar-refractivity contribution in [3.8, 4) is 0 Å². The average molecular weight is 282 g/mol. The summed E-state index contributed by atoms with van der Waals surface area (Å²) in [6.07, 6.45) is 3.98. The fourth-order valence-corrected chi connectivity index (χ4v) is 2.77. The van der Waals surface area contributed by atoms with Crippen molar-refractivity contribution < 1.29 is 4.74 Å². The number of hydrogen-bond acceptors (Lipinski definition) is 2. The Labute approximate surface area is 121 Å². The van der Waals surface area contributed by atoms with E-state index in [0.717, 1.165) is 30.5 Å². The number of likely N-dealkylation sites (N-methyl/N-ethyl adjacent to an activating group) is 1. The van der Waals surface area contributed by atoms with Gasteiger partial charge < -0.3 is 10.1 Å². The molecule has 2 nitrogen and oxygen atoms in total. The fourth-order valence-electron chi connectivity index (χ4n) is 2.64. The summed E-state index contributed by atoms with van der Waals surface area (Å²) in [6, 6.07) is 8.56. The van der Waals surface area contributed by atoms with Crippen molar-refractivity contribution in [3.05, 3.63) is 34.9 Å². The maximum atomic E-state index is 5.99. The van der Waals surface area contributed by atoms with Crippen molar-refractivity contribution in [2.45, 2.75) is 45.3 Å². The van der Waals surface area contributed by atoms with Gasteiger partial charge in [0.1, 0.15) is 0 Å². The normalized spacial score (nSPS) is 18.3. The minimum atomic E-state index is 0.348. The van der Waals surface area contributed by atoms with E-state index in [2.05, 4.69) is 31.3 Å². The zero-order valence-corrected chi connectivity index (χ0v) is 12.6. The van der Waals surface area contributed by atoms with Gasteiger partial charge in [-0.05, 0) is 56.3 Å². The van der Waals surface area contributed by atoms with Crippen molar-refractivity contribution in [2.75, 3.05) is 13.2 Å². The monoisotopic (exact) mass is 281 g/mol. The number of halogens is 1. The highest BCUT2D eigenvalue weighted by Crippen LogP contribution is 2.36. The molecule has 19 heavy (non-hydrogen) atoms. The molecule has 0 heterocycles. The lowest BCUT2D eigenvalue weighted by Crippen LogP contribution is -2.44. The molecule has 0 aromatic heterocycles. The van der Waals surface area contributed by atoms with Crippen LogP contribution in [0.2, 0.25) is 5.02 Å². The van der Waals surface area contributed by atoms with Gasteiger partial charge in [0.05, 0.1) is 6.10 Å². The Balaban J connectivity index is 2.03. The maximum absolute atomic E-state index is 5.99. The van der Waals surface area contributed by atoms with E-state index in [-0.39, 0.29) is 0 Å². The van der Waals surface area contributed by atoms with Gasteiger partial charge >= 0.3 is 0 Å². The predicted molar refractivity (Wildman–Crippen MR) is 80.8 cm³/mol. The summed E-state index contributed by atoms with van der Waals surface area (Å²) < 4.78 is 5.99. The van der Waals surface area contributed by atoms with E-state index >= 15 is 0 Å². The molecule has 1 aliphatic rings. The smallest absolute Gasteiger partial charge is 0.0759 e. The minimum Gasteiger partial charge on any atom is -0.377 e. The highest BCUT2D eigenvalue weighted by molar-refractivity contribution is 6.30. The Morgan fingerprint density at radius 2 is 1.95 bits per heavy atom.